The Morgan fingerprint density at radius 3 is 2.96 bits per heavy atom. The van der Waals surface area contributed by atoms with E-state index < -0.39 is 0 Å². The molecule has 0 unspecified atom stereocenters. The van der Waals surface area contributed by atoms with Crippen LogP contribution in [-0.2, 0) is 13.6 Å². The van der Waals surface area contributed by atoms with Crippen LogP contribution < -0.4 is 5.32 Å². The van der Waals surface area contributed by atoms with Gasteiger partial charge in [0.05, 0.1) is 36.2 Å². The second-order valence-electron chi connectivity index (χ2n) is 6.94. The normalized spacial score (nSPS) is 21.8. The predicted octanol–water partition coefficient (Wildman–Crippen LogP) is 1.64. The first-order chi connectivity index (χ1) is 12.2. The molecule has 1 N–H and O–H groups in total. The van der Waals surface area contributed by atoms with Crippen LogP contribution in [-0.4, -0.2) is 49.0 Å². The maximum atomic E-state index is 4.40. The fraction of sp³-hybridized carbons (Fsp3) is 0.500. The zero-order valence-corrected chi connectivity index (χ0v) is 14.8. The van der Waals surface area contributed by atoms with Gasteiger partial charge in [-0.3, -0.25) is 14.3 Å². The number of imidazole rings is 2. The first-order valence-corrected chi connectivity index (χ1v) is 8.87. The minimum absolute atomic E-state index is 0.417. The molecule has 3 aromatic heterocycles. The van der Waals surface area contributed by atoms with Gasteiger partial charge in [-0.25, -0.2) is 9.97 Å². The highest BCUT2D eigenvalue weighted by atomic mass is 15.2. The highest BCUT2D eigenvalue weighted by Crippen LogP contribution is 2.34. The molecular formula is C18H25N7. The zero-order valence-electron chi connectivity index (χ0n) is 14.8. The van der Waals surface area contributed by atoms with E-state index in [1.807, 2.05) is 24.9 Å². The molecule has 0 radical (unpaired) electrons. The van der Waals surface area contributed by atoms with Crippen LogP contribution in [0.3, 0.4) is 0 Å². The van der Waals surface area contributed by atoms with Crippen LogP contribution in [0, 0.1) is 5.92 Å². The van der Waals surface area contributed by atoms with Gasteiger partial charge in [-0.05, 0) is 32.4 Å². The standard InChI is InChI=1S/C18H25N7/c1-23-6-3-4-14(18(23)16-11-21-13-24(16)2)8-20-9-15-10-22-17-12-19-5-7-25(15)17/h5,7,10-14,18,20H,3-4,6,8-9H2,1-2H3/t14-,18+/m0/s1. The van der Waals surface area contributed by atoms with E-state index in [-0.39, 0.29) is 0 Å². The Hall–Kier alpha value is -2.25. The van der Waals surface area contributed by atoms with E-state index in [2.05, 4.69) is 48.2 Å². The Labute approximate surface area is 147 Å². The molecule has 1 saturated heterocycles. The Morgan fingerprint density at radius 1 is 1.20 bits per heavy atom. The molecule has 0 bridgehead atoms. The number of hydrogen-bond donors (Lipinski definition) is 1. The second kappa shape index (κ2) is 6.93. The molecule has 7 heteroatoms. The minimum Gasteiger partial charge on any atom is -0.336 e. The first-order valence-electron chi connectivity index (χ1n) is 8.87. The molecule has 4 heterocycles. The lowest BCUT2D eigenvalue weighted by Gasteiger charge is -2.39. The van der Waals surface area contributed by atoms with Crippen LogP contribution in [0.25, 0.3) is 5.65 Å². The van der Waals surface area contributed by atoms with Gasteiger partial charge in [-0.15, -0.1) is 0 Å². The fourth-order valence-electron chi connectivity index (χ4n) is 4.00. The molecule has 0 spiro atoms. The molecular weight excluding hydrogens is 314 g/mol. The Kier molecular flexibility index (Phi) is 4.50. The maximum Gasteiger partial charge on any atom is 0.155 e. The van der Waals surface area contributed by atoms with E-state index in [9.17, 15) is 0 Å². The van der Waals surface area contributed by atoms with Gasteiger partial charge in [-0.1, -0.05) is 0 Å². The van der Waals surface area contributed by atoms with Crippen LogP contribution in [0.15, 0.2) is 37.3 Å². The molecule has 1 fully saturated rings. The lowest BCUT2D eigenvalue weighted by molar-refractivity contribution is 0.113. The predicted molar refractivity (Wildman–Crippen MR) is 96.0 cm³/mol. The van der Waals surface area contributed by atoms with Crippen LogP contribution in [0.5, 0.6) is 0 Å². The van der Waals surface area contributed by atoms with Crippen molar-refractivity contribution in [3.8, 4) is 0 Å². The van der Waals surface area contributed by atoms with Crippen molar-refractivity contribution in [2.75, 3.05) is 20.1 Å². The summed E-state index contributed by atoms with van der Waals surface area (Å²) < 4.78 is 4.24. The van der Waals surface area contributed by atoms with Gasteiger partial charge >= 0.3 is 0 Å². The number of nitrogens with one attached hydrogen (secondary N) is 1. The van der Waals surface area contributed by atoms with Crippen LogP contribution in [0.4, 0.5) is 0 Å². The summed E-state index contributed by atoms with van der Waals surface area (Å²) in [4.78, 5) is 15.3. The Balaban J connectivity index is 1.44. The minimum atomic E-state index is 0.417. The lowest BCUT2D eigenvalue weighted by Crippen LogP contribution is -2.41. The largest absolute Gasteiger partial charge is 0.336 e. The molecule has 132 valence electrons. The summed E-state index contributed by atoms with van der Waals surface area (Å²) in [7, 11) is 4.31. The molecule has 2 atom stereocenters. The van der Waals surface area contributed by atoms with Gasteiger partial charge in [0, 0.05) is 38.7 Å². The maximum absolute atomic E-state index is 4.40. The average Bonchev–Trinajstić information content (AvgIpc) is 3.22. The first kappa shape index (κ1) is 16.2. The van der Waals surface area contributed by atoms with Crippen molar-refractivity contribution in [3.05, 3.63) is 48.7 Å². The third-order valence-electron chi connectivity index (χ3n) is 5.27. The molecule has 1 aliphatic heterocycles. The summed E-state index contributed by atoms with van der Waals surface area (Å²) in [6.07, 6.45) is 13.9. The van der Waals surface area contributed by atoms with Gasteiger partial charge in [-0.2, -0.15) is 0 Å². The highest BCUT2D eigenvalue weighted by molar-refractivity contribution is 5.36. The van der Waals surface area contributed by atoms with Gasteiger partial charge in [0.25, 0.3) is 0 Å². The van der Waals surface area contributed by atoms with E-state index in [1.54, 1.807) is 12.4 Å². The molecule has 0 aliphatic carbocycles. The lowest BCUT2D eigenvalue weighted by atomic mass is 9.87. The van der Waals surface area contributed by atoms with Gasteiger partial charge in [0.2, 0.25) is 0 Å². The Bertz CT molecular complexity index is 837. The summed E-state index contributed by atoms with van der Waals surface area (Å²) >= 11 is 0. The van der Waals surface area contributed by atoms with Gasteiger partial charge in [0.1, 0.15) is 0 Å². The van der Waals surface area contributed by atoms with Crippen molar-refractivity contribution in [3.63, 3.8) is 0 Å². The smallest absolute Gasteiger partial charge is 0.155 e. The monoisotopic (exact) mass is 339 g/mol. The van der Waals surface area contributed by atoms with E-state index in [0.29, 0.717) is 12.0 Å². The van der Waals surface area contributed by atoms with Crippen molar-refractivity contribution in [1.82, 2.24) is 34.1 Å². The van der Waals surface area contributed by atoms with Crippen molar-refractivity contribution in [2.45, 2.75) is 25.4 Å². The summed E-state index contributed by atoms with van der Waals surface area (Å²) in [5, 5.41) is 3.64. The third-order valence-corrected chi connectivity index (χ3v) is 5.27. The summed E-state index contributed by atoms with van der Waals surface area (Å²) in [6.45, 7) is 2.94. The van der Waals surface area contributed by atoms with Crippen LogP contribution in [0.2, 0.25) is 0 Å². The number of nitrogens with zero attached hydrogens (tertiary/aromatic N) is 6. The van der Waals surface area contributed by atoms with E-state index >= 15 is 0 Å². The topological polar surface area (TPSA) is 63.3 Å². The van der Waals surface area contributed by atoms with Crippen molar-refractivity contribution >= 4 is 5.65 Å². The van der Waals surface area contributed by atoms with E-state index in [0.717, 1.165) is 25.3 Å². The van der Waals surface area contributed by atoms with Crippen molar-refractivity contribution in [1.29, 1.82) is 0 Å². The zero-order chi connectivity index (χ0) is 17.2. The van der Waals surface area contributed by atoms with Gasteiger partial charge in [0.15, 0.2) is 5.65 Å². The van der Waals surface area contributed by atoms with Crippen molar-refractivity contribution in [2.24, 2.45) is 13.0 Å². The molecule has 7 nitrogen and oxygen atoms in total. The van der Waals surface area contributed by atoms with Crippen LogP contribution >= 0.6 is 0 Å². The number of likely N-dealkylation sites (tertiary alicyclic amines) is 1. The molecule has 0 amide bonds. The number of fused-ring (bicyclic) bond motifs is 1. The number of rotatable bonds is 5. The van der Waals surface area contributed by atoms with Crippen molar-refractivity contribution < 1.29 is 0 Å². The number of aromatic nitrogens is 5. The molecule has 0 saturated carbocycles. The highest BCUT2D eigenvalue weighted by Gasteiger charge is 2.31. The van der Waals surface area contributed by atoms with E-state index in [4.69, 9.17) is 0 Å². The summed E-state index contributed by atoms with van der Waals surface area (Å²) in [5.41, 5.74) is 3.36. The van der Waals surface area contributed by atoms with E-state index in [1.165, 1.54) is 24.2 Å². The number of piperidine rings is 1. The average molecular weight is 339 g/mol. The summed E-state index contributed by atoms with van der Waals surface area (Å²) in [6, 6.07) is 0.417. The Morgan fingerprint density at radius 2 is 2.12 bits per heavy atom. The SMILES string of the molecule is CN1CCC[C@@H](CNCc2cnc3cnccn23)[C@@H]1c1cncn1C. The molecule has 0 aromatic carbocycles. The molecule has 25 heavy (non-hydrogen) atoms. The molecule has 4 rings (SSSR count). The molecule has 3 aromatic rings. The second-order valence-corrected chi connectivity index (χ2v) is 6.94. The quantitative estimate of drug-likeness (QED) is 0.765. The number of aryl methyl sites for hydroxylation is 1. The fourth-order valence-corrected chi connectivity index (χ4v) is 4.00. The summed E-state index contributed by atoms with van der Waals surface area (Å²) in [5.74, 6) is 0.579. The third kappa shape index (κ3) is 3.17. The van der Waals surface area contributed by atoms with Crippen LogP contribution in [0.1, 0.15) is 30.3 Å². The van der Waals surface area contributed by atoms with Gasteiger partial charge < -0.3 is 9.88 Å². The number of hydrogen-bond acceptors (Lipinski definition) is 5. The molecule has 1 aliphatic rings.